The van der Waals surface area contributed by atoms with E-state index in [9.17, 15) is 4.79 Å². The summed E-state index contributed by atoms with van der Waals surface area (Å²) in [6.45, 7) is 2.58. The molecule has 1 aliphatic heterocycles. The van der Waals surface area contributed by atoms with Crippen LogP contribution in [0.15, 0.2) is 53.0 Å². The smallest absolute Gasteiger partial charge is 0.251 e. The highest BCUT2D eigenvalue weighted by Crippen LogP contribution is 2.25. The fraction of sp³-hybridized carbons (Fsp3) is 0.348. The molecule has 0 unspecified atom stereocenters. The number of rotatable bonds is 7. The number of nitrogens with zero attached hydrogens (tertiary/aromatic N) is 3. The Kier molecular flexibility index (Phi) is 7.19. The molecule has 0 spiro atoms. The molecule has 8 heteroatoms. The van der Waals surface area contributed by atoms with Gasteiger partial charge in [0.15, 0.2) is 0 Å². The Balaban J connectivity index is 1.25. The first kappa shape index (κ1) is 21.8. The number of hydrogen-bond acceptors (Lipinski definition) is 6. The van der Waals surface area contributed by atoms with Crippen molar-refractivity contribution in [3.8, 4) is 5.75 Å². The highest BCUT2D eigenvalue weighted by molar-refractivity contribution is 9.10. The van der Waals surface area contributed by atoms with Crippen LogP contribution in [0.2, 0.25) is 0 Å². The Morgan fingerprint density at radius 3 is 2.74 bits per heavy atom. The van der Waals surface area contributed by atoms with Gasteiger partial charge in [-0.15, -0.1) is 0 Å². The monoisotopic (exact) mass is 500 g/mol. The number of nitrogens with one attached hydrogen (secondary N) is 1. The summed E-state index contributed by atoms with van der Waals surface area (Å²) < 4.78 is 10.8. The zero-order chi connectivity index (χ0) is 21.6. The maximum Gasteiger partial charge on any atom is 0.251 e. The minimum atomic E-state index is -0.0127. The van der Waals surface area contributed by atoms with E-state index in [0.29, 0.717) is 24.4 Å². The van der Waals surface area contributed by atoms with E-state index in [4.69, 9.17) is 9.72 Å². The molecule has 6 nitrogen and oxygen atoms in total. The molecule has 0 aliphatic carbocycles. The van der Waals surface area contributed by atoms with Gasteiger partial charge in [0.2, 0.25) is 5.13 Å². The van der Waals surface area contributed by atoms with Gasteiger partial charge in [-0.1, -0.05) is 28.1 Å². The number of anilines is 1. The summed E-state index contributed by atoms with van der Waals surface area (Å²) in [7, 11) is 1.67. The van der Waals surface area contributed by atoms with Gasteiger partial charge in [0, 0.05) is 47.6 Å². The van der Waals surface area contributed by atoms with Crippen LogP contribution < -0.4 is 15.0 Å². The number of ether oxygens (including phenoxy) is 1. The SMILES string of the molecule is COc1cccc(Cc2nsc(N3CCC(CNC(=O)c4ccc(Br)cc4)CC3)n2)c1. The molecule has 2 aromatic carbocycles. The molecule has 1 aliphatic rings. The summed E-state index contributed by atoms with van der Waals surface area (Å²) in [5, 5.41) is 4.06. The van der Waals surface area contributed by atoms with E-state index in [1.807, 2.05) is 42.5 Å². The Labute approximate surface area is 194 Å². The van der Waals surface area contributed by atoms with Gasteiger partial charge in [0.05, 0.1) is 7.11 Å². The second kappa shape index (κ2) is 10.2. The van der Waals surface area contributed by atoms with E-state index < -0.39 is 0 Å². The fourth-order valence-electron chi connectivity index (χ4n) is 3.68. The molecule has 162 valence electrons. The Morgan fingerprint density at radius 1 is 1.23 bits per heavy atom. The number of halogens is 1. The van der Waals surface area contributed by atoms with Crippen molar-refractivity contribution in [3.63, 3.8) is 0 Å². The van der Waals surface area contributed by atoms with E-state index in [0.717, 1.165) is 52.7 Å². The van der Waals surface area contributed by atoms with Gasteiger partial charge < -0.3 is 15.0 Å². The third-order valence-corrected chi connectivity index (χ3v) is 6.84. The van der Waals surface area contributed by atoms with Crippen molar-refractivity contribution in [2.24, 2.45) is 5.92 Å². The minimum absolute atomic E-state index is 0.0127. The second-order valence-electron chi connectivity index (χ2n) is 7.67. The molecule has 1 aromatic heterocycles. The Hall–Kier alpha value is -2.45. The van der Waals surface area contributed by atoms with Crippen LogP contribution in [0.5, 0.6) is 5.75 Å². The van der Waals surface area contributed by atoms with Crippen LogP contribution in [-0.4, -0.2) is 42.0 Å². The normalized spacial score (nSPS) is 14.5. The van der Waals surface area contributed by atoms with E-state index in [1.165, 1.54) is 11.5 Å². The van der Waals surface area contributed by atoms with Gasteiger partial charge >= 0.3 is 0 Å². The molecule has 31 heavy (non-hydrogen) atoms. The molecular formula is C23H25BrN4O2S. The van der Waals surface area contributed by atoms with E-state index >= 15 is 0 Å². The van der Waals surface area contributed by atoms with Crippen molar-refractivity contribution in [3.05, 3.63) is 70.0 Å². The van der Waals surface area contributed by atoms with E-state index in [-0.39, 0.29) is 5.91 Å². The first-order chi connectivity index (χ1) is 15.1. The first-order valence-corrected chi connectivity index (χ1v) is 11.9. The third-order valence-electron chi connectivity index (χ3n) is 5.50. The lowest BCUT2D eigenvalue weighted by Gasteiger charge is -2.31. The Bertz CT molecular complexity index is 1020. The number of methoxy groups -OCH3 is 1. The van der Waals surface area contributed by atoms with Crippen LogP contribution in [0, 0.1) is 5.92 Å². The van der Waals surface area contributed by atoms with Crippen LogP contribution in [0.1, 0.15) is 34.6 Å². The van der Waals surface area contributed by atoms with Crippen molar-refractivity contribution >= 4 is 38.5 Å². The van der Waals surface area contributed by atoms with E-state index in [1.54, 1.807) is 7.11 Å². The van der Waals surface area contributed by atoms with Crippen molar-refractivity contribution in [2.75, 3.05) is 31.6 Å². The average molecular weight is 501 g/mol. The summed E-state index contributed by atoms with van der Waals surface area (Å²) in [6, 6.07) is 15.5. The van der Waals surface area contributed by atoms with Crippen LogP contribution in [-0.2, 0) is 6.42 Å². The third kappa shape index (κ3) is 5.83. The molecule has 3 aromatic rings. The molecule has 1 N–H and O–H groups in total. The zero-order valence-corrected chi connectivity index (χ0v) is 19.8. The maximum absolute atomic E-state index is 12.3. The van der Waals surface area contributed by atoms with E-state index in [2.05, 4.69) is 36.6 Å². The molecule has 0 atom stereocenters. The predicted octanol–water partition coefficient (Wildman–Crippen LogP) is 4.55. The van der Waals surface area contributed by atoms with Gasteiger partial charge in [0.25, 0.3) is 5.91 Å². The van der Waals surface area contributed by atoms with Crippen molar-refractivity contribution in [1.29, 1.82) is 0 Å². The summed E-state index contributed by atoms with van der Waals surface area (Å²) in [6.07, 6.45) is 2.77. The lowest BCUT2D eigenvalue weighted by molar-refractivity contribution is 0.0945. The highest BCUT2D eigenvalue weighted by Gasteiger charge is 2.22. The summed E-state index contributed by atoms with van der Waals surface area (Å²) in [5.74, 6) is 2.17. The highest BCUT2D eigenvalue weighted by atomic mass is 79.9. The minimum Gasteiger partial charge on any atom is -0.497 e. The molecule has 0 radical (unpaired) electrons. The maximum atomic E-state index is 12.3. The number of carbonyl (C=O) groups is 1. The summed E-state index contributed by atoms with van der Waals surface area (Å²) in [5.41, 5.74) is 1.84. The average Bonchev–Trinajstić information content (AvgIpc) is 3.27. The van der Waals surface area contributed by atoms with Gasteiger partial charge in [-0.2, -0.15) is 4.37 Å². The lowest BCUT2D eigenvalue weighted by Crippen LogP contribution is -2.38. The molecule has 0 bridgehead atoms. The molecule has 4 rings (SSSR count). The number of piperidine rings is 1. The molecule has 0 saturated carbocycles. The molecule has 2 heterocycles. The first-order valence-electron chi connectivity index (χ1n) is 10.3. The molecule has 1 amide bonds. The molecular weight excluding hydrogens is 476 g/mol. The fourth-order valence-corrected chi connectivity index (χ4v) is 4.68. The topological polar surface area (TPSA) is 67.3 Å². The summed E-state index contributed by atoms with van der Waals surface area (Å²) >= 11 is 4.86. The van der Waals surface area contributed by atoms with Gasteiger partial charge in [0.1, 0.15) is 11.6 Å². The van der Waals surface area contributed by atoms with Gasteiger partial charge in [-0.05, 0) is 60.7 Å². The standard InChI is InChI=1S/C23H25BrN4O2S/c1-30-20-4-2-3-17(13-20)14-21-26-23(31-27-21)28-11-9-16(10-12-28)15-25-22(29)18-5-7-19(24)8-6-18/h2-8,13,16H,9-12,14-15H2,1H3,(H,25,29). The largest absolute Gasteiger partial charge is 0.497 e. The molecule has 1 fully saturated rings. The Morgan fingerprint density at radius 2 is 2.00 bits per heavy atom. The zero-order valence-electron chi connectivity index (χ0n) is 17.4. The number of carbonyl (C=O) groups excluding carboxylic acids is 1. The number of hydrogen-bond donors (Lipinski definition) is 1. The quantitative estimate of drug-likeness (QED) is 0.515. The number of amides is 1. The lowest BCUT2D eigenvalue weighted by atomic mass is 9.97. The van der Waals surface area contributed by atoms with Crippen molar-refractivity contribution in [2.45, 2.75) is 19.3 Å². The van der Waals surface area contributed by atoms with Crippen LogP contribution in [0.25, 0.3) is 0 Å². The van der Waals surface area contributed by atoms with Gasteiger partial charge in [-0.25, -0.2) is 4.98 Å². The molecule has 1 saturated heterocycles. The summed E-state index contributed by atoms with van der Waals surface area (Å²) in [4.78, 5) is 19.4. The second-order valence-corrected chi connectivity index (χ2v) is 9.31. The predicted molar refractivity (Wildman–Crippen MR) is 127 cm³/mol. The van der Waals surface area contributed by atoms with Crippen molar-refractivity contribution in [1.82, 2.24) is 14.7 Å². The van der Waals surface area contributed by atoms with Crippen LogP contribution in [0.4, 0.5) is 5.13 Å². The van der Waals surface area contributed by atoms with Crippen molar-refractivity contribution < 1.29 is 9.53 Å². The van der Waals surface area contributed by atoms with Gasteiger partial charge in [-0.3, -0.25) is 4.79 Å². The van der Waals surface area contributed by atoms with Crippen LogP contribution in [0.3, 0.4) is 0 Å². The number of benzene rings is 2. The van der Waals surface area contributed by atoms with Crippen LogP contribution >= 0.6 is 27.5 Å². The number of aromatic nitrogens is 2.